The Morgan fingerprint density at radius 2 is 0.534 bits per heavy atom. The Morgan fingerprint density at radius 1 is 0.205 bits per heavy atom. The zero-order valence-corrected chi connectivity index (χ0v) is 47.8. The highest BCUT2D eigenvalue weighted by molar-refractivity contribution is 6.13. The smallest absolute Gasteiger partial charge is 0.237 e. The second kappa shape index (κ2) is 21.0. The van der Waals surface area contributed by atoms with Crippen LogP contribution >= 0.6 is 0 Å². The molecule has 0 aliphatic carbocycles. The minimum Gasteiger partial charge on any atom is -0.310 e. The van der Waals surface area contributed by atoms with Crippen molar-refractivity contribution in [3.05, 3.63) is 328 Å². The lowest BCUT2D eigenvalue weighted by atomic mass is 10.1. The number of hydrogen-bond acceptors (Lipinski definition) is 5. The number of anilines is 9. The van der Waals surface area contributed by atoms with E-state index in [1.54, 1.807) is 0 Å². The van der Waals surface area contributed by atoms with Crippen molar-refractivity contribution in [1.29, 1.82) is 0 Å². The molecular formula is C80H54N8. The Bertz CT molecular complexity index is 5410. The second-order valence-electron chi connectivity index (χ2n) is 22.2. The molecule has 8 nitrogen and oxygen atoms in total. The number of aromatic nitrogens is 5. The van der Waals surface area contributed by atoms with E-state index < -0.39 is 0 Å². The summed E-state index contributed by atoms with van der Waals surface area (Å²) in [5, 5.41) is 7.78. The van der Waals surface area contributed by atoms with Gasteiger partial charge in [-0.3, -0.25) is 9.47 Å². The Morgan fingerprint density at radius 3 is 1.05 bits per heavy atom. The molecule has 0 saturated carbocycles. The molecule has 0 aliphatic heterocycles. The maximum Gasteiger partial charge on any atom is 0.237 e. The third-order valence-electron chi connectivity index (χ3n) is 17.1. The van der Waals surface area contributed by atoms with Gasteiger partial charge in [0.1, 0.15) is 0 Å². The van der Waals surface area contributed by atoms with E-state index in [1.807, 2.05) is 0 Å². The Kier molecular flexibility index (Phi) is 12.0. The number of nitrogens with zero attached hydrogens (tertiary/aromatic N) is 8. The van der Waals surface area contributed by atoms with Gasteiger partial charge in [-0.15, -0.1) is 0 Å². The lowest BCUT2D eigenvalue weighted by molar-refractivity contribution is 1.000. The normalized spacial score (nSPS) is 11.6. The van der Waals surface area contributed by atoms with Gasteiger partial charge in [0.25, 0.3) is 0 Å². The monoisotopic (exact) mass is 1130 g/mol. The largest absolute Gasteiger partial charge is 0.310 e. The molecule has 0 N–H and O–H groups in total. The molecule has 4 aromatic heterocycles. The fraction of sp³-hybridized carbons (Fsp3) is 0. The fourth-order valence-electron chi connectivity index (χ4n) is 13.3. The molecule has 88 heavy (non-hydrogen) atoms. The van der Waals surface area contributed by atoms with Gasteiger partial charge in [0, 0.05) is 94.6 Å². The molecule has 0 amide bonds. The highest BCUT2D eigenvalue weighted by Crippen LogP contribution is 2.46. The highest BCUT2D eigenvalue weighted by atomic mass is 15.3. The first-order valence-corrected chi connectivity index (χ1v) is 29.8. The molecule has 17 rings (SSSR count). The highest BCUT2D eigenvalue weighted by Gasteiger charge is 2.26. The molecule has 0 radical (unpaired) electrons. The van der Waals surface area contributed by atoms with Crippen LogP contribution < -0.4 is 14.7 Å². The van der Waals surface area contributed by atoms with E-state index in [-0.39, 0.29) is 0 Å². The Hall–Kier alpha value is -12.0. The van der Waals surface area contributed by atoms with Gasteiger partial charge in [-0.25, -0.2) is 4.98 Å². The summed E-state index contributed by atoms with van der Waals surface area (Å²) in [5.74, 6) is 1.27. The predicted octanol–water partition coefficient (Wildman–Crippen LogP) is 21.3. The van der Waals surface area contributed by atoms with E-state index in [4.69, 9.17) is 9.97 Å². The van der Waals surface area contributed by atoms with Gasteiger partial charge < -0.3 is 18.9 Å². The van der Waals surface area contributed by atoms with Crippen molar-refractivity contribution in [2.75, 3.05) is 14.7 Å². The first-order valence-electron chi connectivity index (χ1n) is 29.8. The van der Waals surface area contributed by atoms with E-state index in [9.17, 15) is 0 Å². The third kappa shape index (κ3) is 8.37. The van der Waals surface area contributed by atoms with Crippen LogP contribution in [0.3, 0.4) is 0 Å². The summed E-state index contributed by atoms with van der Waals surface area (Å²) in [4.78, 5) is 18.7. The van der Waals surface area contributed by atoms with Gasteiger partial charge in [0.05, 0.1) is 38.6 Å². The van der Waals surface area contributed by atoms with Crippen LogP contribution in [-0.2, 0) is 0 Å². The molecule has 414 valence electrons. The van der Waals surface area contributed by atoms with Crippen LogP contribution in [-0.4, -0.2) is 23.7 Å². The van der Waals surface area contributed by atoms with Crippen molar-refractivity contribution in [3.8, 4) is 17.3 Å². The van der Waals surface area contributed by atoms with E-state index in [0.29, 0.717) is 5.95 Å². The molecule has 0 saturated heterocycles. The van der Waals surface area contributed by atoms with Crippen molar-refractivity contribution in [3.63, 3.8) is 0 Å². The van der Waals surface area contributed by atoms with Gasteiger partial charge >= 0.3 is 0 Å². The zero-order valence-electron chi connectivity index (χ0n) is 47.8. The molecule has 0 spiro atoms. The summed E-state index contributed by atoms with van der Waals surface area (Å²) < 4.78 is 7.01. The molecule has 0 fully saturated rings. The summed E-state index contributed by atoms with van der Waals surface area (Å²) in [6.07, 6.45) is 0. The van der Waals surface area contributed by atoms with Crippen LogP contribution in [0.1, 0.15) is 0 Å². The molecule has 0 unspecified atom stereocenters. The number of fused-ring (bicyclic) bond motifs is 10. The van der Waals surface area contributed by atoms with Crippen LogP contribution in [0.4, 0.5) is 51.3 Å². The van der Waals surface area contributed by atoms with Crippen LogP contribution in [0.5, 0.6) is 0 Å². The van der Waals surface area contributed by atoms with Gasteiger partial charge in [-0.05, 0) is 152 Å². The summed E-state index contributed by atoms with van der Waals surface area (Å²) in [6, 6.07) is 117. The van der Waals surface area contributed by atoms with Crippen LogP contribution in [0, 0.1) is 0 Å². The van der Waals surface area contributed by atoms with E-state index >= 15 is 0 Å². The molecule has 13 aromatic carbocycles. The van der Waals surface area contributed by atoms with E-state index in [1.165, 1.54) is 10.8 Å². The zero-order chi connectivity index (χ0) is 58.1. The maximum absolute atomic E-state index is 5.98. The van der Waals surface area contributed by atoms with Crippen molar-refractivity contribution >= 4 is 128 Å². The van der Waals surface area contributed by atoms with E-state index in [2.05, 4.69) is 356 Å². The van der Waals surface area contributed by atoms with Crippen molar-refractivity contribution in [2.24, 2.45) is 0 Å². The summed E-state index contributed by atoms with van der Waals surface area (Å²) in [7, 11) is 0. The number of rotatable bonds is 12. The number of benzene rings is 13. The Labute approximate surface area is 508 Å². The fourth-order valence-corrected chi connectivity index (χ4v) is 13.3. The van der Waals surface area contributed by atoms with E-state index in [0.717, 1.165) is 128 Å². The lowest BCUT2D eigenvalue weighted by Gasteiger charge is -2.28. The van der Waals surface area contributed by atoms with Crippen molar-refractivity contribution in [1.82, 2.24) is 23.7 Å². The average molecular weight is 1130 g/mol. The first-order chi connectivity index (χ1) is 43.7. The van der Waals surface area contributed by atoms with Crippen LogP contribution in [0.15, 0.2) is 328 Å². The summed E-state index contributed by atoms with van der Waals surface area (Å²) >= 11 is 0. The summed E-state index contributed by atoms with van der Waals surface area (Å²) in [5.41, 5.74) is 17.5. The number of para-hydroxylation sites is 9. The molecule has 0 bridgehead atoms. The Balaban J connectivity index is 0.938. The molecular weight excluding hydrogens is 1070 g/mol. The van der Waals surface area contributed by atoms with Crippen molar-refractivity contribution < 1.29 is 0 Å². The molecule has 4 heterocycles. The molecule has 17 aromatic rings. The van der Waals surface area contributed by atoms with Crippen LogP contribution in [0.25, 0.3) is 93.6 Å². The van der Waals surface area contributed by atoms with Crippen LogP contribution in [0.2, 0.25) is 0 Å². The molecule has 0 atom stereocenters. The topological polar surface area (TPSA) is 50.3 Å². The first kappa shape index (κ1) is 50.5. The quantitative estimate of drug-likeness (QED) is 0.122. The van der Waals surface area contributed by atoms with Gasteiger partial charge in [0.2, 0.25) is 5.95 Å². The number of hydrogen-bond donors (Lipinski definition) is 0. The minimum atomic E-state index is 0.546. The van der Waals surface area contributed by atoms with Gasteiger partial charge in [-0.2, -0.15) is 4.98 Å². The SMILES string of the molecule is c1ccc(N(c2ccc3nc(-n4c5ccccc5c5ccc(N(c6ccccc6)c6ccccc6)cc54)nc(N(c4ccccc4)c4ccc5c6ccccc6n(-c6ccccc6)c5c4)c3c2)c2ccc3c(c2)c2ccccc2n3-c2ccccc2)cc1. The van der Waals surface area contributed by atoms with Crippen molar-refractivity contribution in [2.45, 2.75) is 0 Å². The molecule has 0 aliphatic rings. The maximum atomic E-state index is 5.98. The average Bonchev–Trinajstić information content (AvgIpc) is 2.24. The predicted molar refractivity (Wildman–Crippen MR) is 367 cm³/mol. The molecule has 8 heteroatoms. The standard InChI is InChI=1S/C80H54N8/c1-7-25-55(26-8-1)83(56-27-9-2-10-28-56)63-43-47-69-66-38-20-24-42-75(66)88(78(69)53-63)80-81-72-49-45-61(84(57-29-11-3-12-30-57)62-46-50-76-70(51-62)67-39-21-23-41-74(67)86(76)59-33-15-5-16-34-59)52-71(72)79(82-80)85(58-31-13-4-14-32-58)64-44-48-68-65-37-19-22-40-73(65)87(77(68)54-64)60-35-17-6-18-36-60/h1-54H. The third-order valence-corrected chi connectivity index (χ3v) is 17.1. The summed E-state index contributed by atoms with van der Waals surface area (Å²) in [6.45, 7) is 0. The van der Waals surface area contributed by atoms with Gasteiger partial charge in [0.15, 0.2) is 5.82 Å². The second-order valence-corrected chi connectivity index (χ2v) is 22.2. The lowest BCUT2D eigenvalue weighted by Crippen LogP contribution is -2.15. The minimum absolute atomic E-state index is 0.546. The van der Waals surface area contributed by atoms with Gasteiger partial charge in [-0.1, -0.05) is 176 Å².